The van der Waals surface area contributed by atoms with Crippen LogP contribution in [0.4, 0.5) is 0 Å². The van der Waals surface area contributed by atoms with Crippen LogP contribution in [0.1, 0.15) is 11.4 Å². The molecule has 0 bridgehead atoms. The van der Waals surface area contributed by atoms with E-state index in [0.29, 0.717) is 35.1 Å². The third-order valence-corrected chi connectivity index (χ3v) is 4.79. The molecular formula is C21H17N5O4. The Morgan fingerprint density at radius 3 is 2.80 bits per heavy atom. The van der Waals surface area contributed by atoms with Crippen LogP contribution in [0, 0.1) is 0 Å². The lowest BCUT2D eigenvalue weighted by Crippen LogP contribution is -2.27. The van der Waals surface area contributed by atoms with Crippen LogP contribution in [0.2, 0.25) is 0 Å². The number of aromatic nitrogens is 4. The third-order valence-electron chi connectivity index (χ3n) is 4.79. The molecule has 5 rings (SSSR count). The van der Waals surface area contributed by atoms with Crippen molar-refractivity contribution in [2.24, 2.45) is 0 Å². The van der Waals surface area contributed by atoms with Gasteiger partial charge in [-0.15, -0.1) is 0 Å². The average molecular weight is 403 g/mol. The van der Waals surface area contributed by atoms with E-state index < -0.39 is 0 Å². The molecule has 30 heavy (non-hydrogen) atoms. The standard InChI is InChI=1S/C21H17N5O4/c27-20(22-11-13-6-7-17-18(8-13)30-12-29-17)10-19-23-24-21(28)16-9-15(25-26(16)19)14-4-2-1-3-5-14/h1-9H,10-12H2,(H,22,27)(H,24,28). The molecule has 9 nitrogen and oxygen atoms in total. The van der Waals surface area contributed by atoms with E-state index >= 15 is 0 Å². The number of hydrogen-bond donors (Lipinski definition) is 2. The van der Waals surface area contributed by atoms with Gasteiger partial charge in [0.1, 0.15) is 5.52 Å². The van der Waals surface area contributed by atoms with Gasteiger partial charge in [-0.25, -0.2) is 9.61 Å². The van der Waals surface area contributed by atoms with Crippen LogP contribution in [-0.4, -0.2) is 32.5 Å². The molecule has 2 aromatic heterocycles. The fourth-order valence-electron chi connectivity index (χ4n) is 3.28. The number of amides is 1. The zero-order valence-electron chi connectivity index (χ0n) is 15.8. The Morgan fingerprint density at radius 1 is 1.10 bits per heavy atom. The van der Waals surface area contributed by atoms with Crippen molar-refractivity contribution in [1.29, 1.82) is 0 Å². The minimum absolute atomic E-state index is 0.0340. The predicted molar refractivity (Wildman–Crippen MR) is 107 cm³/mol. The molecule has 0 spiro atoms. The number of fused-ring (bicyclic) bond motifs is 2. The number of nitrogens with zero attached hydrogens (tertiary/aromatic N) is 3. The van der Waals surface area contributed by atoms with Crippen molar-refractivity contribution in [2.75, 3.05) is 6.79 Å². The van der Waals surface area contributed by atoms with Gasteiger partial charge in [-0.2, -0.15) is 10.2 Å². The second-order valence-electron chi connectivity index (χ2n) is 6.80. The van der Waals surface area contributed by atoms with Crippen LogP contribution < -0.4 is 20.3 Å². The van der Waals surface area contributed by atoms with Crippen molar-refractivity contribution >= 4 is 11.4 Å². The first-order valence-electron chi connectivity index (χ1n) is 9.35. The van der Waals surface area contributed by atoms with Crippen LogP contribution in [-0.2, 0) is 17.8 Å². The summed E-state index contributed by atoms with van der Waals surface area (Å²) in [6.45, 7) is 0.532. The van der Waals surface area contributed by atoms with Gasteiger partial charge in [0.05, 0.1) is 12.1 Å². The van der Waals surface area contributed by atoms with Gasteiger partial charge in [0.15, 0.2) is 17.3 Å². The zero-order valence-corrected chi connectivity index (χ0v) is 15.8. The Morgan fingerprint density at radius 2 is 1.93 bits per heavy atom. The van der Waals surface area contributed by atoms with Crippen molar-refractivity contribution in [2.45, 2.75) is 13.0 Å². The monoisotopic (exact) mass is 403 g/mol. The van der Waals surface area contributed by atoms with E-state index in [4.69, 9.17) is 9.47 Å². The predicted octanol–water partition coefficient (Wildman–Crippen LogP) is 1.67. The van der Waals surface area contributed by atoms with E-state index in [1.165, 1.54) is 4.52 Å². The molecule has 1 aliphatic heterocycles. The van der Waals surface area contributed by atoms with Crippen molar-refractivity contribution < 1.29 is 14.3 Å². The number of ether oxygens (including phenoxy) is 2. The first-order chi connectivity index (χ1) is 14.7. The van der Waals surface area contributed by atoms with Gasteiger partial charge in [0.2, 0.25) is 12.7 Å². The van der Waals surface area contributed by atoms with E-state index in [1.807, 2.05) is 48.5 Å². The normalized spacial score (nSPS) is 12.3. The SMILES string of the molecule is O=C(Cc1n[nH]c(=O)c2cc(-c3ccccc3)nn12)NCc1ccc2c(c1)OCO2. The molecule has 2 N–H and O–H groups in total. The summed E-state index contributed by atoms with van der Waals surface area (Å²) in [5, 5.41) is 13.8. The lowest BCUT2D eigenvalue weighted by atomic mass is 10.1. The lowest BCUT2D eigenvalue weighted by Gasteiger charge is -2.07. The summed E-state index contributed by atoms with van der Waals surface area (Å²) in [6.07, 6.45) is -0.0340. The molecule has 9 heteroatoms. The number of aromatic amines is 1. The van der Waals surface area contributed by atoms with Crippen molar-refractivity contribution in [3.63, 3.8) is 0 Å². The highest BCUT2D eigenvalue weighted by atomic mass is 16.7. The van der Waals surface area contributed by atoms with Gasteiger partial charge in [-0.1, -0.05) is 36.4 Å². The maximum absolute atomic E-state index is 12.5. The van der Waals surface area contributed by atoms with Crippen molar-refractivity contribution in [1.82, 2.24) is 25.1 Å². The molecular weight excluding hydrogens is 386 g/mol. The maximum atomic E-state index is 12.5. The van der Waals surface area contributed by atoms with E-state index in [-0.39, 0.29) is 24.7 Å². The molecule has 1 amide bonds. The Bertz CT molecular complexity index is 1300. The Labute approximate surface area is 170 Å². The summed E-state index contributed by atoms with van der Waals surface area (Å²) < 4.78 is 12.1. The highest BCUT2D eigenvalue weighted by Crippen LogP contribution is 2.32. The summed E-state index contributed by atoms with van der Waals surface area (Å²) in [6, 6.07) is 16.7. The topological polar surface area (TPSA) is 111 Å². The van der Waals surface area contributed by atoms with Gasteiger partial charge < -0.3 is 14.8 Å². The fourth-order valence-corrected chi connectivity index (χ4v) is 3.28. The summed E-state index contributed by atoms with van der Waals surface area (Å²) in [7, 11) is 0. The molecule has 0 aliphatic carbocycles. The number of rotatable bonds is 5. The van der Waals surface area contributed by atoms with Crippen molar-refractivity contribution in [3.8, 4) is 22.8 Å². The minimum atomic E-state index is -0.366. The molecule has 0 atom stereocenters. The van der Waals surface area contributed by atoms with Gasteiger partial charge in [-0.05, 0) is 23.8 Å². The van der Waals surface area contributed by atoms with Crippen LogP contribution in [0.25, 0.3) is 16.8 Å². The molecule has 0 saturated heterocycles. The molecule has 0 saturated carbocycles. The summed E-state index contributed by atoms with van der Waals surface area (Å²) in [5.74, 6) is 1.45. The zero-order chi connectivity index (χ0) is 20.5. The molecule has 0 fully saturated rings. The molecule has 150 valence electrons. The smallest absolute Gasteiger partial charge is 0.290 e. The molecule has 2 aromatic carbocycles. The molecule has 1 aliphatic rings. The largest absolute Gasteiger partial charge is 0.454 e. The second kappa shape index (κ2) is 7.36. The van der Waals surface area contributed by atoms with Gasteiger partial charge in [0.25, 0.3) is 5.56 Å². The van der Waals surface area contributed by atoms with Crippen LogP contribution in [0.3, 0.4) is 0 Å². The van der Waals surface area contributed by atoms with E-state index in [0.717, 1.165) is 11.1 Å². The number of carbonyl (C=O) groups is 1. The summed E-state index contributed by atoms with van der Waals surface area (Å²) in [5.41, 5.74) is 2.36. The Balaban J connectivity index is 1.34. The van der Waals surface area contributed by atoms with E-state index in [2.05, 4.69) is 20.6 Å². The summed E-state index contributed by atoms with van der Waals surface area (Å²) in [4.78, 5) is 24.6. The van der Waals surface area contributed by atoms with E-state index in [1.54, 1.807) is 6.07 Å². The van der Waals surface area contributed by atoms with Crippen LogP contribution in [0.15, 0.2) is 59.4 Å². The number of H-pyrrole nitrogens is 1. The number of benzene rings is 2. The number of carbonyl (C=O) groups excluding carboxylic acids is 1. The Kier molecular flexibility index (Phi) is 4.40. The van der Waals surface area contributed by atoms with Gasteiger partial charge in [0, 0.05) is 12.1 Å². The molecule has 4 aromatic rings. The Hall–Kier alpha value is -4.14. The molecule has 0 radical (unpaired) electrons. The van der Waals surface area contributed by atoms with Crippen LogP contribution >= 0.6 is 0 Å². The number of hydrogen-bond acceptors (Lipinski definition) is 6. The van der Waals surface area contributed by atoms with Crippen molar-refractivity contribution in [3.05, 3.63) is 76.3 Å². The van der Waals surface area contributed by atoms with Crippen LogP contribution in [0.5, 0.6) is 11.5 Å². The first-order valence-corrected chi connectivity index (χ1v) is 9.35. The lowest BCUT2D eigenvalue weighted by molar-refractivity contribution is -0.120. The highest BCUT2D eigenvalue weighted by molar-refractivity contribution is 5.78. The quantitative estimate of drug-likeness (QED) is 0.525. The molecule has 0 unspecified atom stereocenters. The highest BCUT2D eigenvalue weighted by Gasteiger charge is 2.16. The maximum Gasteiger partial charge on any atom is 0.290 e. The molecule has 3 heterocycles. The van der Waals surface area contributed by atoms with Gasteiger partial charge >= 0.3 is 0 Å². The number of nitrogens with one attached hydrogen (secondary N) is 2. The van der Waals surface area contributed by atoms with E-state index in [9.17, 15) is 9.59 Å². The minimum Gasteiger partial charge on any atom is -0.454 e. The summed E-state index contributed by atoms with van der Waals surface area (Å²) >= 11 is 0. The first kappa shape index (κ1) is 17.9. The third kappa shape index (κ3) is 3.37. The second-order valence-corrected chi connectivity index (χ2v) is 6.80. The fraction of sp³-hybridized carbons (Fsp3) is 0.143. The van der Waals surface area contributed by atoms with Gasteiger partial charge in [-0.3, -0.25) is 9.59 Å². The average Bonchev–Trinajstić information content (AvgIpc) is 3.42.